The van der Waals surface area contributed by atoms with Gasteiger partial charge in [-0.15, -0.1) is 0 Å². The van der Waals surface area contributed by atoms with Crippen molar-refractivity contribution in [1.29, 1.82) is 0 Å². The fourth-order valence-electron chi connectivity index (χ4n) is 2.09. The summed E-state index contributed by atoms with van der Waals surface area (Å²) >= 11 is 0. The number of furan rings is 1. The molecule has 2 aromatic heterocycles. The van der Waals surface area contributed by atoms with E-state index in [9.17, 15) is 13.6 Å². The standard InChI is InChI=1S/C14H10F2N2O3/c1-20-14(19)8-2-3-21-13(8)6-18-7-17-11-4-9(15)10(16)5-12(11)18/h2-5,7H,6H2,1H3. The van der Waals surface area contributed by atoms with Crippen LogP contribution in [0.5, 0.6) is 0 Å². The molecule has 0 amide bonds. The van der Waals surface area contributed by atoms with Crippen LogP contribution in [0.15, 0.2) is 35.2 Å². The van der Waals surface area contributed by atoms with Crippen molar-refractivity contribution in [2.75, 3.05) is 7.11 Å². The van der Waals surface area contributed by atoms with Crippen molar-refractivity contribution >= 4 is 17.0 Å². The molecule has 0 unspecified atom stereocenters. The van der Waals surface area contributed by atoms with Gasteiger partial charge in [0, 0.05) is 12.1 Å². The number of rotatable bonds is 3. The van der Waals surface area contributed by atoms with E-state index in [0.717, 1.165) is 12.1 Å². The summed E-state index contributed by atoms with van der Waals surface area (Å²) in [5.74, 6) is -2.09. The number of aromatic nitrogens is 2. The van der Waals surface area contributed by atoms with Gasteiger partial charge in [-0.25, -0.2) is 18.6 Å². The third-order valence-electron chi connectivity index (χ3n) is 3.13. The Labute approximate surface area is 117 Å². The van der Waals surface area contributed by atoms with Crippen molar-refractivity contribution < 1.29 is 22.7 Å². The van der Waals surface area contributed by atoms with Crippen LogP contribution >= 0.6 is 0 Å². The summed E-state index contributed by atoms with van der Waals surface area (Å²) in [5, 5.41) is 0. The number of hydrogen-bond acceptors (Lipinski definition) is 4. The number of halogens is 2. The fraction of sp³-hybridized carbons (Fsp3) is 0.143. The van der Waals surface area contributed by atoms with Crippen LogP contribution in [-0.4, -0.2) is 22.6 Å². The minimum Gasteiger partial charge on any atom is -0.467 e. The van der Waals surface area contributed by atoms with Gasteiger partial charge in [0.2, 0.25) is 0 Å². The molecule has 0 spiro atoms. The van der Waals surface area contributed by atoms with Crippen LogP contribution in [-0.2, 0) is 11.3 Å². The molecule has 108 valence electrons. The smallest absolute Gasteiger partial charge is 0.341 e. The maximum absolute atomic E-state index is 13.3. The largest absolute Gasteiger partial charge is 0.467 e. The molecule has 0 aliphatic carbocycles. The quantitative estimate of drug-likeness (QED) is 0.696. The molecular weight excluding hydrogens is 282 g/mol. The molecule has 1 aromatic carbocycles. The Morgan fingerprint density at radius 2 is 2.14 bits per heavy atom. The first-order valence-electron chi connectivity index (χ1n) is 6.04. The predicted molar refractivity (Wildman–Crippen MR) is 68.8 cm³/mol. The van der Waals surface area contributed by atoms with Gasteiger partial charge in [-0.2, -0.15) is 0 Å². The highest BCUT2D eigenvalue weighted by Crippen LogP contribution is 2.20. The van der Waals surface area contributed by atoms with E-state index in [1.54, 1.807) is 4.57 Å². The zero-order valence-electron chi connectivity index (χ0n) is 11.0. The lowest BCUT2D eigenvalue weighted by molar-refractivity contribution is 0.0598. The molecule has 3 aromatic rings. The zero-order valence-corrected chi connectivity index (χ0v) is 11.0. The Morgan fingerprint density at radius 1 is 1.38 bits per heavy atom. The van der Waals surface area contributed by atoms with Crippen molar-refractivity contribution in [3.63, 3.8) is 0 Å². The van der Waals surface area contributed by atoms with Crippen molar-refractivity contribution in [1.82, 2.24) is 9.55 Å². The van der Waals surface area contributed by atoms with Gasteiger partial charge in [0.05, 0.1) is 37.3 Å². The van der Waals surface area contributed by atoms with Gasteiger partial charge < -0.3 is 13.7 Å². The van der Waals surface area contributed by atoms with Crippen molar-refractivity contribution in [3.05, 3.63) is 53.7 Å². The number of imidazole rings is 1. The lowest BCUT2D eigenvalue weighted by Crippen LogP contribution is -2.06. The molecule has 0 fully saturated rings. The average molecular weight is 292 g/mol. The van der Waals surface area contributed by atoms with E-state index in [-0.39, 0.29) is 12.1 Å². The number of ether oxygens (including phenoxy) is 1. The monoisotopic (exact) mass is 292 g/mol. The Bertz CT molecular complexity index is 823. The van der Waals surface area contributed by atoms with Gasteiger partial charge >= 0.3 is 5.97 Å². The third-order valence-corrected chi connectivity index (χ3v) is 3.13. The first-order valence-corrected chi connectivity index (χ1v) is 6.04. The highest BCUT2D eigenvalue weighted by atomic mass is 19.2. The maximum atomic E-state index is 13.3. The molecule has 0 atom stereocenters. The van der Waals surface area contributed by atoms with Crippen LogP contribution in [0, 0.1) is 11.6 Å². The van der Waals surface area contributed by atoms with Crippen LogP contribution in [0.3, 0.4) is 0 Å². The summed E-state index contributed by atoms with van der Waals surface area (Å²) in [6, 6.07) is 3.56. The SMILES string of the molecule is COC(=O)c1ccoc1Cn1cnc2cc(F)c(F)cc21. The summed E-state index contributed by atoms with van der Waals surface area (Å²) in [6.45, 7) is 0.152. The number of nitrogens with zero attached hydrogens (tertiary/aromatic N) is 2. The second kappa shape index (κ2) is 5.01. The number of esters is 1. The van der Waals surface area contributed by atoms with Crippen molar-refractivity contribution in [3.8, 4) is 0 Å². The van der Waals surface area contributed by atoms with Crippen molar-refractivity contribution in [2.24, 2.45) is 0 Å². The van der Waals surface area contributed by atoms with E-state index in [1.807, 2.05) is 0 Å². The summed E-state index contributed by atoms with van der Waals surface area (Å²) in [6.07, 6.45) is 2.79. The molecule has 0 saturated heterocycles. The number of benzene rings is 1. The highest BCUT2D eigenvalue weighted by Gasteiger charge is 2.17. The number of hydrogen-bond donors (Lipinski definition) is 0. The summed E-state index contributed by atoms with van der Waals surface area (Å²) in [7, 11) is 1.27. The van der Waals surface area contributed by atoms with Gasteiger partial charge in [0.1, 0.15) is 11.3 Å². The van der Waals surface area contributed by atoms with Gasteiger partial charge in [-0.1, -0.05) is 0 Å². The molecule has 0 saturated carbocycles. The normalized spacial score (nSPS) is 11.0. The second-order valence-electron chi connectivity index (χ2n) is 4.38. The molecule has 0 radical (unpaired) electrons. The molecule has 0 aliphatic rings. The average Bonchev–Trinajstić information content (AvgIpc) is 3.07. The van der Waals surface area contributed by atoms with Crippen LogP contribution in [0.2, 0.25) is 0 Å². The minimum atomic E-state index is -0.961. The minimum absolute atomic E-state index is 0.152. The van der Waals surface area contributed by atoms with Gasteiger partial charge in [0.15, 0.2) is 11.6 Å². The predicted octanol–water partition coefficient (Wildman–Crippen LogP) is 2.74. The Hall–Kier alpha value is -2.70. The Morgan fingerprint density at radius 3 is 2.90 bits per heavy atom. The summed E-state index contributed by atoms with van der Waals surface area (Å²) in [4.78, 5) is 15.6. The van der Waals surface area contributed by atoms with E-state index in [4.69, 9.17) is 4.42 Å². The number of carbonyl (C=O) groups is 1. The van der Waals surface area contributed by atoms with Crippen LogP contribution in [0.1, 0.15) is 16.1 Å². The van der Waals surface area contributed by atoms with E-state index in [2.05, 4.69) is 9.72 Å². The lowest BCUT2D eigenvalue weighted by atomic mass is 10.2. The summed E-state index contributed by atoms with van der Waals surface area (Å²) in [5.41, 5.74) is 1.00. The molecule has 0 N–H and O–H groups in total. The Balaban J connectivity index is 2.01. The van der Waals surface area contributed by atoms with E-state index < -0.39 is 17.6 Å². The zero-order chi connectivity index (χ0) is 15.0. The molecule has 0 aliphatic heterocycles. The molecule has 5 nitrogen and oxygen atoms in total. The molecule has 7 heteroatoms. The highest BCUT2D eigenvalue weighted by molar-refractivity contribution is 5.90. The lowest BCUT2D eigenvalue weighted by Gasteiger charge is -2.04. The summed E-state index contributed by atoms with van der Waals surface area (Å²) < 4.78 is 37.9. The maximum Gasteiger partial charge on any atom is 0.341 e. The number of carbonyl (C=O) groups excluding carboxylic acids is 1. The molecule has 2 heterocycles. The van der Waals surface area contributed by atoms with E-state index in [0.29, 0.717) is 16.8 Å². The van der Waals surface area contributed by atoms with Crippen LogP contribution in [0.4, 0.5) is 8.78 Å². The van der Waals surface area contributed by atoms with Crippen molar-refractivity contribution in [2.45, 2.75) is 6.54 Å². The fourth-order valence-corrected chi connectivity index (χ4v) is 2.09. The van der Waals surface area contributed by atoms with Crippen LogP contribution < -0.4 is 0 Å². The number of methoxy groups -OCH3 is 1. The topological polar surface area (TPSA) is 57.3 Å². The first-order chi connectivity index (χ1) is 10.1. The third kappa shape index (κ3) is 2.26. The van der Waals surface area contributed by atoms with Crippen LogP contribution in [0.25, 0.3) is 11.0 Å². The van der Waals surface area contributed by atoms with Gasteiger partial charge in [-0.05, 0) is 6.07 Å². The molecule has 0 bridgehead atoms. The van der Waals surface area contributed by atoms with E-state index in [1.165, 1.54) is 25.8 Å². The van der Waals surface area contributed by atoms with Gasteiger partial charge in [-0.3, -0.25) is 0 Å². The molecule has 21 heavy (non-hydrogen) atoms. The molecular formula is C14H10F2N2O3. The number of fused-ring (bicyclic) bond motifs is 1. The molecule has 3 rings (SSSR count). The van der Waals surface area contributed by atoms with E-state index >= 15 is 0 Å². The Kier molecular flexibility index (Phi) is 3.17. The first kappa shape index (κ1) is 13.3. The second-order valence-corrected chi connectivity index (χ2v) is 4.38. The van der Waals surface area contributed by atoms with Gasteiger partial charge in [0.25, 0.3) is 0 Å².